The molecule has 1 fully saturated rings. The van der Waals surface area contributed by atoms with Crippen LogP contribution in [0, 0.1) is 6.92 Å². The Morgan fingerprint density at radius 1 is 1.50 bits per heavy atom. The molecule has 1 aliphatic heterocycles. The zero-order valence-electron chi connectivity index (χ0n) is 11.5. The van der Waals surface area contributed by atoms with Crippen molar-refractivity contribution in [3.05, 3.63) is 29.7 Å². The molecule has 0 spiro atoms. The van der Waals surface area contributed by atoms with Crippen LogP contribution in [0.15, 0.2) is 18.5 Å². The third-order valence-electron chi connectivity index (χ3n) is 3.50. The summed E-state index contributed by atoms with van der Waals surface area (Å²) >= 11 is 0. The predicted molar refractivity (Wildman–Crippen MR) is 78.3 cm³/mol. The van der Waals surface area contributed by atoms with Gasteiger partial charge in [-0.05, 0) is 19.9 Å². The fourth-order valence-electron chi connectivity index (χ4n) is 2.41. The van der Waals surface area contributed by atoms with Crippen LogP contribution in [-0.2, 0) is 0 Å². The van der Waals surface area contributed by atoms with Crippen molar-refractivity contribution < 1.29 is 4.79 Å². The molecule has 20 heavy (non-hydrogen) atoms. The highest BCUT2D eigenvalue weighted by atomic mass is 35.5. The molecule has 6 nitrogen and oxygen atoms in total. The van der Waals surface area contributed by atoms with Crippen LogP contribution >= 0.6 is 12.4 Å². The zero-order valence-corrected chi connectivity index (χ0v) is 12.4. The molecule has 3 heterocycles. The molecular weight excluding hydrogens is 278 g/mol. The Hall–Kier alpha value is -1.66. The Balaban J connectivity index is 0.00000147. The number of carbonyl (C=O) groups is 1. The minimum absolute atomic E-state index is 0. The molecule has 2 aromatic heterocycles. The third kappa shape index (κ3) is 2.48. The number of hydrogen-bond acceptors (Lipinski definition) is 4. The number of fused-ring (bicyclic) bond motifs is 1. The number of piperazine rings is 1. The average Bonchev–Trinajstić information content (AvgIpc) is 2.81. The van der Waals surface area contributed by atoms with Crippen molar-refractivity contribution in [3.63, 3.8) is 0 Å². The summed E-state index contributed by atoms with van der Waals surface area (Å²) in [5.74, 6) is 0.0158. The number of nitrogens with one attached hydrogen (secondary N) is 1. The number of rotatable bonds is 1. The maximum Gasteiger partial charge on any atom is 0.259 e. The predicted octanol–water partition coefficient (Wildman–Crippen LogP) is 0.893. The van der Waals surface area contributed by atoms with E-state index in [1.165, 1.54) is 0 Å². The highest BCUT2D eigenvalue weighted by molar-refractivity contribution is 5.99. The summed E-state index contributed by atoms with van der Waals surface area (Å²) in [6.45, 7) is 6.35. The molecule has 1 amide bonds. The highest BCUT2D eigenvalue weighted by Crippen LogP contribution is 2.14. The minimum Gasteiger partial charge on any atom is -0.333 e. The fourth-order valence-corrected chi connectivity index (χ4v) is 2.41. The Morgan fingerprint density at radius 3 is 3.05 bits per heavy atom. The molecule has 3 rings (SSSR count). The van der Waals surface area contributed by atoms with Gasteiger partial charge in [0.05, 0.1) is 6.20 Å². The SMILES string of the molecule is Cc1ccn2ncc(C(=O)N3CCNC[C@@H]3C)c2n1.Cl. The second-order valence-corrected chi connectivity index (χ2v) is 4.95. The van der Waals surface area contributed by atoms with Gasteiger partial charge in [-0.15, -0.1) is 12.4 Å². The van der Waals surface area contributed by atoms with Crippen molar-refractivity contribution in [2.45, 2.75) is 19.9 Å². The lowest BCUT2D eigenvalue weighted by molar-refractivity contribution is 0.0657. The van der Waals surface area contributed by atoms with Gasteiger partial charge in [-0.2, -0.15) is 5.10 Å². The molecule has 0 bridgehead atoms. The molecule has 1 atom stereocenters. The van der Waals surface area contributed by atoms with E-state index < -0.39 is 0 Å². The summed E-state index contributed by atoms with van der Waals surface area (Å²) in [6.07, 6.45) is 3.44. The van der Waals surface area contributed by atoms with Gasteiger partial charge in [0, 0.05) is 37.6 Å². The van der Waals surface area contributed by atoms with E-state index in [2.05, 4.69) is 22.3 Å². The molecular formula is C13H18ClN5O. The van der Waals surface area contributed by atoms with E-state index in [-0.39, 0.29) is 24.4 Å². The van der Waals surface area contributed by atoms with Gasteiger partial charge >= 0.3 is 0 Å². The Kier molecular flexibility index (Phi) is 4.25. The van der Waals surface area contributed by atoms with Crippen LogP contribution in [0.4, 0.5) is 0 Å². The van der Waals surface area contributed by atoms with Crippen molar-refractivity contribution >= 4 is 24.0 Å². The van der Waals surface area contributed by atoms with Gasteiger partial charge in [0.1, 0.15) is 5.56 Å². The van der Waals surface area contributed by atoms with Gasteiger partial charge in [-0.25, -0.2) is 9.50 Å². The molecule has 0 aliphatic carbocycles. The maximum atomic E-state index is 12.6. The molecule has 0 saturated carbocycles. The highest BCUT2D eigenvalue weighted by Gasteiger charge is 2.26. The first-order chi connectivity index (χ1) is 9.16. The van der Waals surface area contributed by atoms with Gasteiger partial charge in [-0.3, -0.25) is 4.79 Å². The van der Waals surface area contributed by atoms with Crippen molar-refractivity contribution in [1.29, 1.82) is 0 Å². The molecule has 0 unspecified atom stereocenters. The van der Waals surface area contributed by atoms with Gasteiger partial charge in [0.2, 0.25) is 0 Å². The van der Waals surface area contributed by atoms with E-state index >= 15 is 0 Å². The summed E-state index contributed by atoms with van der Waals surface area (Å²) in [7, 11) is 0. The Morgan fingerprint density at radius 2 is 2.30 bits per heavy atom. The van der Waals surface area contributed by atoms with Crippen LogP contribution < -0.4 is 5.32 Å². The van der Waals surface area contributed by atoms with E-state index in [1.54, 1.807) is 10.7 Å². The first kappa shape index (κ1) is 14.7. The van der Waals surface area contributed by atoms with E-state index in [4.69, 9.17) is 0 Å². The quantitative estimate of drug-likeness (QED) is 0.849. The lowest BCUT2D eigenvalue weighted by Gasteiger charge is -2.33. The normalized spacial score (nSPS) is 18.9. The van der Waals surface area contributed by atoms with Crippen LogP contribution in [0.3, 0.4) is 0 Å². The monoisotopic (exact) mass is 295 g/mol. The Bertz CT molecular complexity index is 626. The van der Waals surface area contributed by atoms with Crippen LogP contribution in [0.5, 0.6) is 0 Å². The van der Waals surface area contributed by atoms with Gasteiger partial charge in [0.25, 0.3) is 5.91 Å². The molecule has 0 aromatic carbocycles. The number of halogens is 1. The van der Waals surface area contributed by atoms with Crippen molar-refractivity contribution in [2.24, 2.45) is 0 Å². The van der Waals surface area contributed by atoms with Crippen molar-refractivity contribution in [3.8, 4) is 0 Å². The molecule has 7 heteroatoms. The van der Waals surface area contributed by atoms with Crippen LogP contribution in [0.1, 0.15) is 23.0 Å². The van der Waals surface area contributed by atoms with E-state index in [1.807, 2.05) is 24.1 Å². The third-order valence-corrected chi connectivity index (χ3v) is 3.50. The number of amides is 1. The van der Waals surface area contributed by atoms with Gasteiger partial charge in [-0.1, -0.05) is 0 Å². The fraction of sp³-hybridized carbons (Fsp3) is 0.462. The van der Waals surface area contributed by atoms with E-state index in [9.17, 15) is 4.79 Å². The smallest absolute Gasteiger partial charge is 0.259 e. The van der Waals surface area contributed by atoms with Crippen LogP contribution in [0.25, 0.3) is 5.65 Å². The minimum atomic E-state index is 0. The number of aromatic nitrogens is 3. The van der Waals surface area contributed by atoms with Gasteiger partial charge in [0.15, 0.2) is 5.65 Å². The summed E-state index contributed by atoms with van der Waals surface area (Å²) in [5.41, 5.74) is 2.10. The lowest BCUT2D eigenvalue weighted by atomic mass is 10.2. The number of nitrogens with zero attached hydrogens (tertiary/aromatic N) is 4. The topological polar surface area (TPSA) is 62.5 Å². The summed E-state index contributed by atoms with van der Waals surface area (Å²) in [5, 5.41) is 7.47. The first-order valence-corrected chi connectivity index (χ1v) is 6.49. The number of aryl methyl sites for hydroxylation is 1. The largest absolute Gasteiger partial charge is 0.333 e. The van der Waals surface area contributed by atoms with Crippen LogP contribution in [0.2, 0.25) is 0 Å². The first-order valence-electron chi connectivity index (χ1n) is 6.49. The lowest BCUT2D eigenvalue weighted by Crippen LogP contribution is -2.52. The standard InChI is InChI=1S/C13H17N5O.ClH/c1-9-3-5-18-12(16-9)11(8-15-18)13(19)17-6-4-14-7-10(17)2;/h3,5,8,10,14H,4,6-7H2,1-2H3;1H/t10-;/m0./s1. The summed E-state index contributed by atoms with van der Waals surface area (Å²) < 4.78 is 1.65. The van der Waals surface area contributed by atoms with E-state index in [0.29, 0.717) is 11.2 Å². The van der Waals surface area contributed by atoms with Gasteiger partial charge < -0.3 is 10.2 Å². The van der Waals surface area contributed by atoms with Crippen molar-refractivity contribution in [2.75, 3.05) is 19.6 Å². The second kappa shape index (κ2) is 5.76. The molecule has 0 radical (unpaired) electrons. The zero-order chi connectivity index (χ0) is 13.4. The maximum absolute atomic E-state index is 12.6. The molecule has 2 aromatic rings. The average molecular weight is 296 g/mol. The molecule has 1 saturated heterocycles. The number of carbonyl (C=O) groups excluding carboxylic acids is 1. The molecule has 1 aliphatic rings. The number of hydrogen-bond donors (Lipinski definition) is 1. The summed E-state index contributed by atoms with van der Waals surface area (Å²) in [4.78, 5) is 18.9. The molecule has 1 N–H and O–H groups in total. The second-order valence-electron chi connectivity index (χ2n) is 4.95. The van der Waals surface area contributed by atoms with Crippen LogP contribution in [-0.4, -0.2) is 51.1 Å². The Labute approximate surface area is 123 Å². The molecule has 108 valence electrons. The summed E-state index contributed by atoms with van der Waals surface area (Å²) in [6, 6.07) is 2.07. The van der Waals surface area contributed by atoms with E-state index in [0.717, 1.165) is 25.3 Å². The van der Waals surface area contributed by atoms with Crippen molar-refractivity contribution in [1.82, 2.24) is 24.8 Å².